The Morgan fingerprint density at radius 3 is 2.32 bits per heavy atom. The molecule has 0 saturated heterocycles. The van der Waals surface area contributed by atoms with Gasteiger partial charge in [-0.25, -0.2) is 8.42 Å². The lowest BCUT2D eigenvalue weighted by Gasteiger charge is -2.07. The standard InChI is InChI=1S/C15H11Cl2NO2S2/c1-9-13-8-11(17)4-7-14(13)21-15(9)22(19,20)18-12-5-2-10(16)3-6-12/h2-8,18H,1H3. The van der Waals surface area contributed by atoms with Gasteiger partial charge in [0, 0.05) is 20.4 Å². The highest BCUT2D eigenvalue weighted by molar-refractivity contribution is 7.94. The van der Waals surface area contributed by atoms with Crippen LogP contribution in [0.2, 0.25) is 10.0 Å². The number of thiophene rings is 1. The van der Waals surface area contributed by atoms with E-state index in [9.17, 15) is 8.42 Å². The van der Waals surface area contributed by atoms with Crippen LogP contribution >= 0.6 is 34.5 Å². The molecule has 0 amide bonds. The number of sulfonamides is 1. The Morgan fingerprint density at radius 1 is 1.00 bits per heavy atom. The Bertz CT molecular complexity index is 948. The molecule has 2 aromatic carbocycles. The van der Waals surface area contributed by atoms with Crippen molar-refractivity contribution in [3.63, 3.8) is 0 Å². The molecular formula is C15H11Cl2NO2S2. The first-order chi connectivity index (χ1) is 10.4. The van der Waals surface area contributed by atoms with Gasteiger partial charge in [-0.05, 0) is 60.3 Å². The molecule has 114 valence electrons. The van der Waals surface area contributed by atoms with Gasteiger partial charge in [0.15, 0.2) is 0 Å². The van der Waals surface area contributed by atoms with Gasteiger partial charge in [0.05, 0.1) is 0 Å². The van der Waals surface area contributed by atoms with E-state index in [1.165, 1.54) is 11.3 Å². The molecule has 0 spiro atoms. The van der Waals surface area contributed by atoms with Gasteiger partial charge >= 0.3 is 0 Å². The van der Waals surface area contributed by atoms with Crippen LogP contribution in [-0.4, -0.2) is 8.42 Å². The van der Waals surface area contributed by atoms with Crippen LogP contribution in [-0.2, 0) is 10.0 Å². The molecule has 22 heavy (non-hydrogen) atoms. The summed E-state index contributed by atoms with van der Waals surface area (Å²) in [5, 5.41) is 1.99. The van der Waals surface area contributed by atoms with Gasteiger partial charge in [0.2, 0.25) is 0 Å². The first kappa shape index (κ1) is 15.6. The summed E-state index contributed by atoms with van der Waals surface area (Å²) in [6, 6.07) is 11.9. The molecule has 0 aliphatic carbocycles. The SMILES string of the molecule is Cc1c(S(=O)(=O)Nc2ccc(Cl)cc2)sc2ccc(Cl)cc12. The fourth-order valence-electron chi connectivity index (χ4n) is 2.15. The van der Waals surface area contributed by atoms with E-state index < -0.39 is 10.0 Å². The second kappa shape index (κ2) is 5.74. The molecule has 1 N–H and O–H groups in total. The molecule has 0 saturated carbocycles. The number of rotatable bonds is 3. The van der Waals surface area contributed by atoms with Crippen molar-refractivity contribution < 1.29 is 8.42 Å². The van der Waals surface area contributed by atoms with E-state index in [0.29, 0.717) is 25.5 Å². The predicted molar refractivity (Wildman–Crippen MR) is 93.8 cm³/mol. The van der Waals surface area contributed by atoms with Crippen LogP contribution in [0.4, 0.5) is 5.69 Å². The van der Waals surface area contributed by atoms with Crippen LogP contribution < -0.4 is 4.72 Å². The maximum Gasteiger partial charge on any atom is 0.271 e. The third-order valence-corrected chi connectivity index (χ3v) is 6.96. The van der Waals surface area contributed by atoms with Crippen LogP contribution in [0.25, 0.3) is 10.1 Å². The second-order valence-electron chi connectivity index (χ2n) is 4.77. The number of nitrogens with one attached hydrogen (secondary N) is 1. The first-order valence-corrected chi connectivity index (χ1v) is 9.39. The average molecular weight is 372 g/mol. The van der Waals surface area contributed by atoms with Gasteiger partial charge in [-0.2, -0.15) is 0 Å². The minimum Gasteiger partial charge on any atom is -0.279 e. The van der Waals surface area contributed by atoms with E-state index in [2.05, 4.69) is 4.72 Å². The summed E-state index contributed by atoms with van der Waals surface area (Å²) in [5.74, 6) is 0. The van der Waals surface area contributed by atoms with Gasteiger partial charge in [-0.3, -0.25) is 4.72 Å². The summed E-state index contributed by atoms with van der Waals surface area (Å²) >= 11 is 13.0. The van der Waals surface area contributed by atoms with Crippen LogP contribution in [0.15, 0.2) is 46.7 Å². The van der Waals surface area contributed by atoms with E-state index in [-0.39, 0.29) is 0 Å². The Labute approximate surface area is 142 Å². The number of anilines is 1. The Kier molecular flexibility index (Phi) is 4.07. The summed E-state index contributed by atoms with van der Waals surface area (Å²) in [4.78, 5) is 0. The zero-order valence-electron chi connectivity index (χ0n) is 11.4. The third kappa shape index (κ3) is 2.94. The highest BCUT2D eigenvalue weighted by Crippen LogP contribution is 2.36. The number of fused-ring (bicyclic) bond motifs is 1. The minimum atomic E-state index is -3.65. The van der Waals surface area contributed by atoms with E-state index in [0.717, 1.165) is 10.1 Å². The predicted octanol–water partition coefficient (Wildman–Crippen LogP) is 5.32. The van der Waals surface area contributed by atoms with Gasteiger partial charge in [0.1, 0.15) is 4.21 Å². The van der Waals surface area contributed by atoms with Crippen molar-refractivity contribution in [1.29, 1.82) is 0 Å². The molecule has 3 rings (SSSR count). The molecular weight excluding hydrogens is 361 g/mol. The Balaban J connectivity index is 2.05. The molecule has 0 aliphatic rings. The summed E-state index contributed by atoms with van der Waals surface area (Å²) < 4.78 is 28.9. The Hall–Kier alpha value is -1.27. The lowest BCUT2D eigenvalue weighted by molar-refractivity contribution is 0.603. The molecule has 0 unspecified atom stereocenters. The first-order valence-electron chi connectivity index (χ1n) is 6.34. The van der Waals surface area contributed by atoms with Crippen molar-refractivity contribution >= 4 is 60.3 Å². The number of aryl methyl sites for hydroxylation is 1. The molecule has 3 aromatic rings. The molecule has 0 bridgehead atoms. The van der Waals surface area contributed by atoms with E-state index >= 15 is 0 Å². The molecule has 7 heteroatoms. The highest BCUT2D eigenvalue weighted by atomic mass is 35.5. The van der Waals surface area contributed by atoms with E-state index in [1.54, 1.807) is 43.3 Å². The molecule has 1 aromatic heterocycles. The van der Waals surface area contributed by atoms with Crippen molar-refractivity contribution in [2.75, 3.05) is 4.72 Å². The molecule has 1 heterocycles. The zero-order valence-corrected chi connectivity index (χ0v) is 14.6. The summed E-state index contributed by atoms with van der Waals surface area (Å²) in [6.45, 7) is 1.78. The fourth-order valence-corrected chi connectivity index (χ4v) is 5.25. The summed E-state index contributed by atoms with van der Waals surface area (Å²) in [7, 11) is -3.65. The van der Waals surface area contributed by atoms with Gasteiger partial charge in [-0.1, -0.05) is 23.2 Å². The lowest BCUT2D eigenvalue weighted by Crippen LogP contribution is -2.12. The topological polar surface area (TPSA) is 46.2 Å². The minimum absolute atomic E-state index is 0.291. The molecule has 3 nitrogen and oxygen atoms in total. The molecule has 0 radical (unpaired) electrons. The van der Waals surface area contributed by atoms with Crippen molar-refractivity contribution in [2.45, 2.75) is 11.1 Å². The number of hydrogen-bond donors (Lipinski definition) is 1. The molecule has 0 fully saturated rings. The maximum absolute atomic E-state index is 12.6. The maximum atomic E-state index is 12.6. The van der Waals surface area contributed by atoms with Crippen LogP contribution in [0.3, 0.4) is 0 Å². The summed E-state index contributed by atoms with van der Waals surface area (Å²) in [5.41, 5.74) is 1.17. The van der Waals surface area contributed by atoms with Gasteiger partial charge in [0.25, 0.3) is 10.0 Å². The van der Waals surface area contributed by atoms with Gasteiger partial charge < -0.3 is 0 Å². The zero-order chi connectivity index (χ0) is 15.9. The third-order valence-electron chi connectivity index (χ3n) is 3.19. The quantitative estimate of drug-likeness (QED) is 0.677. The highest BCUT2D eigenvalue weighted by Gasteiger charge is 2.22. The van der Waals surface area contributed by atoms with E-state index in [4.69, 9.17) is 23.2 Å². The average Bonchev–Trinajstić information content (AvgIpc) is 2.79. The van der Waals surface area contributed by atoms with Crippen molar-refractivity contribution in [1.82, 2.24) is 0 Å². The normalized spacial score (nSPS) is 11.8. The monoisotopic (exact) mass is 371 g/mol. The van der Waals surface area contributed by atoms with Crippen LogP contribution in [0, 0.1) is 6.92 Å². The smallest absolute Gasteiger partial charge is 0.271 e. The number of benzene rings is 2. The molecule has 0 atom stereocenters. The summed E-state index contributed by atoms with van der Waals surface area (Å²) in [6.07, 6.45) is 0. The number of hydrogen-bond acceptors (Lipinski definition) is 3. The van der Waals surface area contributed by atoms with Crippen LogP contribution in [0.1, 0.15) is 5.56 Å². The van der Waals surface area contributed by atoms with Crippen molar-refractivity contribution in [2.24, 2.45) is 0 Å². The van der Waals surface area contributed by atoms with Gasteiger partial charge in [-0.15, -0.1) is 11.3 Å². The van der Waals surface area contributed by atoms with Crippen LogP contribution in [0.5, 0.6) is 0 Å². The lowest BCUT2D eigenvalue weighted by atomic mass is 10.2. The van der Waals surface area contributed by atoms with Crippen molar-refractivity contribution in [3.05, 3.63) is 58.1 Å². The second-order valence-corrected chi connectivity index (χ2v) is 8.57. The fraction of sp³-hybridized carbons (Fsp3) is 0.0667. The number of halogens is 2. The largest absolute Gasteiger partial charge is 0.279 e. The van der Waals surface area contributed by atoms with Crippen molar-refractivity contribution in [3.8, 4) is 0 Å². The Morgan fingerprint density at radius 2 is 1.64 bits per heavy atom. The van der Waals surface area contributed by atoms with E-state index in [1.807, 2.05) is 6.07 Å². The molecule has 0 aliphatic heterocycles.